The van der Waals surface area contributed by atoms with Gasteiger partial charge >= 0.3 is 5.97 Å². The minimum absolute atomic E-state index is 0.139. The van der Waals surface area contributed by atoms with E-state index in [1.807, 2.05) is 16.8 Å². The van der Waals surface area contributed by atoms with Crippen molar-refractivity contribution in [2.75, 3.05) is 12.3 Å². The van der Waals surface area contributed by atoms with Crippen molar-refractivity contribution >= 4 is 23.0 Å². The van der Waals surface area contributed by atoms with Crippen LogP contribution in [0.15, 0.2) is 29.0 Å². The highest BCUT2D eigenvalue weighted by molar-refractivity contribution is 7.07. The van der Waals surface area contributed by atoms with Crippen molar-refractivity contribution in [1.29, 1.82) is 0 Å². The third-order valence-electron chi connectivity index (χ3n) is 2.52. The van der Waals surface area contributed by atoms with E-state index in [1.54, 1.807) is 11.3 Å². The molecule has 0 unspecified atom stereocenters. The van der Waals surface area contributed by atoms with Crippen molar-refractivity contribution in [1.82, 2.24) is 0 Å². The number of esters is 1. The Labute approximate surface area is 112 Å². The highest BCUT2D eigenvalue weighted by Gasteiger charge is 2.15. The van der Waals surface area contributed by atoms with Crippen molar-refractivity contribution in [3.63, 3.8) is 0 Å². The zero-order valence-corrected chi connectivity index (χ0v) is 10.7. The molecule has 0 aliphatic carbocycles. The maximum atomic E-state index is 13.0. The molecule has 19 heavy (non-hydrogen) atoms. The molecule has 0 saturated heterocycles. The summed E-state index contributed by atoms with van der Waals surface area (Å²) in [5.74, 6) is -2.97. The molecular weight excluding hydrogens is 272 g/mol. The van der Waals surface area contributed by atoms with Crippen LogP contribution in [0.2, 0.25) is 0 Å². The second-order valence-corrected chi connectivity index (χ2v) is 4.65. The molecule has 0 bridgehead atoms. The number of ether oxygens (including phenoxy) is 1. The molecule has 0 aliphatic rings. The molecule has 100 valence electrons. The summed E-state index contributed by atoms with van der Waals surface area (Å²) >= 11 is 1.55. The van der Waals surface area contributed by atoms with Crippen LogP contribution in [-0.2, 0) is 11.2 Å². The predicted molar refractivity (Wildman–Crippen MR) is 69.1 cm³/mol. The van der Waals surface area contributed by atoms with E-state index in [2.05, 4.69) is 0 Å². The number of benzene rings is 1. The number of carbonyl (C=O) groups excluding carboxylic acids is 1. The lowest BCUT2D eigenvalue weighted by molar-refractivity contribution is 0.0510. The van der Waals surface area contributed by atoms with Crippen molar-refractivity contribution in [3.05, 3.63) is 51.7 Å². The van der Waals surface area contributed by atoms with Crippen LogP contribution in [-0.4, -0.2) is 12.6 Å². The molecule has 2 aromatic rings. The number of nitrogens with two attached hydrogens (primary N) is 1. The molecule has 1 aromatic carbocycles. The van der Waals surface area contributed by atoms with E-state index in [4.69, 9.17) is 10.5 Å². The maximum Gasteiger partial charge on any atom is 0.340 e. The molecule has 0 amide bonds. The van der Waals surface area contributed by atoms with Crippen LogP contribution >= 0.6 is 11.3 Å². The standard InChI is InChI=1S/C13H11F2NO2S/c14-10-5-9(12(16)6-11(10)15)13(17)18-3-1-8-2-4-19-7-8/h2,4-7H,1,3,16H2. The normalized spacial score (nSPS) is 10.4. The van der Waals surface area contributed by atoms with Gasteiger partial charge in [0.05, 0.1) is 12.2 Å². The van der Waals surface area contributed by atoms with Crippen LogP contribution in [0.3, 0.4) is 0 Å². The first kappa shape index (κ1) is 13.5. The number of nitrogen functional groups attached to an aromatic ring is 1. The van der Waals surface area contributed by atoms with E-state index >= 15 is 0 Å². The van der Waals surface area contributed by atoms with Crippen LogP contribution in [0.1, 0.15) is 15.9 Å². The second kappa shape index (κ2) is 5.79. The molecular formula is C13H11F2NO2S. The first-order chi connectivity index (χ1) is 9.08. The quantitative estimate of drug-likeness (QED) is 0.693. The van der Waals surface area contributed by atoms with Crippen LogP contribution < -0.4 is 5.73 Å². The Morgan fingerprint density at radius 3 is 2.74 bits per heavy atom. The summed E-state index contributed by atoms with van der Waals surface area (Å²) in [5, 5.41) is 3.87. The topological polar surface area (TPSA) is 52.3 Å². The summed E-state index contributed by atoms with van der Waals surface area (Å²) in [6, 6.07) is 3.44. The maximum absolute atomic E-state index is 13.0. The average molecular weight is 283 g/mol. The number of halogens is 2. The molecule has 0 fully saturated rings. The summed E-state index contributed by atoms with van der Waals surface area (Å²) in [6.07, 6.45) is 0.568. The summed E-state index contributed by atoms with van der Waals surface area (Å²) in [4.78, 5) is 11.7. The molecule has 6 heteroatoms. The zero-order chi connectivity index (χ0) is 13.8. The second-order valence-electron chi connectivity index (χ2n) is 3.87. The van der Waals surface area contributed by atoms with Crippen LogP contribution in [0, 0.1) is 11.6 Å². The minimum atomic E-state index is -1.13. The third kappa shape index (κ3) is 3.29. The monoisotopic (exact) mass is 283 g/mol. The van der Waals surface area contributed by atoms with Gasteiger partial charge in [-0.3, -0.25) is 0 Å². The van der Waals surface area contributed by atoms with E-state index < -0.39 is 17.6 Å². The zero-order valence-electron chi connectivity index (χ0n) is 9.86. The van der Waals surface area contributed by atoms with Gasteiger partial charge in [-0.15, -0.1) is 0 Å². The minimum Gasteiger partial charge on any atom is -0.462 e. The molecule has 3 nitrogen and oxygen atoms in total. The van der Waals surface area contributed by atoms with E-state index in [0.717, 1.165) is 17.7 Å². The van der Waals surface area contributed by atoms with Gasteiger partial charge in [0.1, 0.15) is 0 Å². The summed E-state index contributed by atoms with van der Waals surface area (Å²) in [7, 11) is 0. The molecule has 0 atom stereocenters. The smallest absolute Gasteiger partial charge is 0.340 e. The van der Waals surface area contributed by atoms with E-state index in [-0.39, 0.29) is 17.9 Å². The number of anilines is 1. The first-order valence-corrected chi connectivity index (χ1v) is 6.45. The molecule has 0 saturated carbocycles. The molecule has 1 aromatic heterocycles. The SMILES string of the molecule is Nc1cc(F)c(F)cc1C(=O)OCCc1ccsc1. The number of rotatable bonds is 4. The Balaban J connectivity index is 1.98. The largest absolute Gasteiger partial charge is 0.462 e. The first-order valence-electron chi connectivity index (χ1n) is 5.50. The van der Waals surface area contributed by atoms with Gasteiger partial charge in [0, 0.05) is 18.2 Å². The lowest BCUT2D eigenvalue weighted by atomic mass is 10.1. The fourth-order valence-electron chi connectivity index (χ4n) is 1.51. The Kier molecular flexibility index (Phi) is 4.11. The summed E-state index contributed by atoms with van der Waals surface area (Å²) in [5.41, 5.74) is 6.20. The Morgan fingerprint density at radius 2 is 2.05 bits per heavy atom. The summed E-state index contributed by atoms with van der Waals surface area (Å²) < 4.78 is 30.9. The van der Waals surface area contributed by atoms with Gasteiger partial charge in [-0.2, -0.15) is 11.3 Å². The van der Waals surface area contributed by atoms with Crippen LogP contribution in [0.4, 0.5) is 14.5 Å². The van der Waals surface area contributed by atoms with Crippen molar-refractivity contribution < 1.29 is 18.3 Å². The third-order valence-corrected chi connectivity index (χ3v) is 3.25. The van der Waals surface area contributed by atoms with Gasteiger partial charge in [0.2, 0.25) is 0 Å². The molecule has 1 heterocycles. The number of carbonyl (C=O) groups is 1. The predicted octanol–water partition coefficient (Wildman–Crippen LogP) is 3.01. The van der Waals surface area contributed by atoms with Gasteiger partial charge < -0.3 is 10.5 Å². The van der Waals surface area contributed by atoms with E-state index in [1.165, 1.54) is 0 Å². The fraction of sp³-hybridized carbons (Fsp3) is 0.154. The van der Waals surface area contributed by atoms with Gasteiger partial charge in [-0.25, -0.2) is 13.6 Å². The fourth-order valence-corrected chi connectivity index (χ4v) is 2.22. The van der Waals surface area contributed by atoms with Gasteiger partial charge in [-0.1, -0.05) is 0 Å². The molecule has 0 aliphatic heterocycles. The number of hydrogen-bond acceptors (Lipinski definition) is 4. The summed E-state index contributed by atoms with van der Waals surface area (Å²) in [6.45, 7) is 0.161. The van der Waals surface area contributed by atoms with Crippen molar-refractivity contribution in [2.24, 2.45) is 0 Å². The van der Waals surface area contributed by atoms with E-state index in [9.17, 15) is 13.6 Å². The average Bonchev–Trinajstić information content (AvgIpc) is 2.86. The number of hydrogen-bond donors (Lipinski definition) is 1. The Morgan fingerprint density at radius 1 is 1.32 bits per heavy atom. The molecule has 0 spiro atoms. The highest BCUT2D eigenvalue weighted by Crippen LogP contribution is 2.18. The van der Waals surface area contributed by atoms with Gasteiger partial charge in [0.25, 0.3) is 0 Å². The van der Waals surface area contributed by atoms with Gasteiger partial charge in [-0.05, 0) is 28.5 Å². The van der Waals surface area contributed by atoms with Gasteiger partial charge in [0.15, 0.2) is 11.6 Å². The Bertz CT molecular complexity index is 585. The Hall–Kier alpha value is -1.95. The van der Waals surface area contributed by atoms with E-state index in [0.29, 0.717) is 6.42 Å². The van der Waals surface area contributed by atoms with Crippen LogP contribution in [0.25, 0.3) is 0 Å². The molecule has 2 rings (SSSR count). The lowest BCUT2D eigenvalue weighted by Gasteiger charge is -2.07. The lowest BCUT2D eigenvalue weighted by Crippen LogP contribution is -2.11. The highest BCUT2D eigenvalue weighted by atomic mass is 32.1. The molecule has 0 radical (unpaired) electrons. The number of thiophene rings is 1. The van der Waals surface area contributed by atoms with Crippen LogP contribution in [0.5, 0.6) is 0 Å². The van der Waals surface area contributed by atoms with Crippen molar-refractivity contribution in [3.8, 4) is 0 Å². The molecule has 2 N–H and O–H groups in total. The van der Waals surface area contributed by atoms with Crippen molar-refractivity contribution in [2.45, 2.75) is 6.42 Å².